The van der Waals surface area contributed by atoms with Crippen LogP contribution >= 0.6 is 0 Å². The summed E-state index contributed by atoms with van der Waals surface area (Å²) in [6.45, 7) is 5.34. The molecule has 0 N–H and O–H groups in total. The van der Waals surface area contributed by atoms with Gasteiger partial charge >= 0.3 is 5.97 Å². The first-order valence-electron chi connectivity index (χ1n) is 7.96. The SMILES string of the molecule is COC(=O)c1ccc(Cn2c(C)c(C)c3c2CCCC3)cc1. The Morgan fingerprint density at radius 3 is 2.50 bits per heavy atom. The fourth-order valence-corrected chi connectivity index (χ4v) is 3.48. The van der Waals surface area contributed by atoms with E-state index in [1.807, 2.05) is 24.3 Å². The summed E-state index contributed by atoms with van der Waals surface area (Å²) in [5.41, 5.74) is 7.74. The van der Waals surface area contributed by atoms with Crippen molar-refractivity contribution in [3.63, 3.8) is 0 Å². The molecule has 1 aliphatic rings. The van der Waals surface area contributed by atoms with Gasteiger partial charge in [0.2, 0.25) is 0 Å². The zero-order chi connectivity index (χ0) is 15.7. The lowest BCUT2D eigenvalue weighted by atomic mass is 9.95. The first-order chi connectivity index (χ1) is 10.6. The van der Waals surface area contributed by atoms with Gasteiger partial charge in [0.1, 0.15) is 0 Å². The van der Waals surface area contributed by atoms with Crippen LogP contribution in [-0.2, 0) is 24.1 Å². The van der Waals surface area contributed by atoms with Crippen molar-refractivity contribution in [2.45, 2.75) is 46.1 Å². The standard InChI is InChI=1S/C19H23NO2/c1-13-14(2)20(18-7-5-4-6-17(13)18)12-15-8-10-16(11-9-15)19(21)22-3/h8-11H,4-7,12H2,1-3H3. The van der Waals surface area contributed by atoms with E-state index in [2.05, 4.69) is 18.4 Å². The maximum atomic E-state index is 11.5. The third-order valence-electron chi connectivity index (χ3n) is 4.88. The molecular formula is C19H23NO2. The van der Waals surface area contributed by atoms with Crippen LogP contribution in [0, 0.1) is 13.8 Å². The van der Waals surface area contributed by atoms with Gasteiger partial charge in [-0.05, 0) is 68.4 Å². The Hall–Kier alpha value is -2.03. The number of methoxy groups -OCH3 is 1. The number of hydrogen-bond acceptors (Lipinski definition) is 2. The molecule has 2 aromatic rings. The maximum Gasteiger partial charge on any atom is 0.337 e. The Bertz CT molecular complexity index is 695. The van der Waals surface area contributed by atoms with Gasteiger partial charge in [0.15, 0.2) is 0 Å². The number of ether oxygens (including phenoxy) is 1. The molecule has 0 saturated carbocycles. The van der Waals surface area contributed by atoms with Gasteiger partial charge < -0.3 is 9.30 Å². The molecule has 0 fully saturated rings. The molecule has 1 aromatic carbocycles. The summed E-state index contributed by atoms with van der Waals surface area (Å²) in [4.78, 5) is 11.5. The normalized spacial score (nSPS) is 13.8. The van der Waals surface area contributed by atoms with E-state index in [1.165, 1.54) is 55.3 Å². The lowest BCUT2D eigenvalue weighted by Gasteiger charge is -2.17. The van der Waals surface area contributed by atoms with Crippen molar-refractivity contribution in [3.8, 4) is 0 Å². The molecule has 0 atom stereocenters. The van der Waals surface area contributed by atoms with Crippen LogP contribution in [0.3, 0.4) is 0 Å². The largest absolute Gasteiger partial charge is 0.465 e. The third-order valence-corrected chi connectivity index (χ3v) is 4.88. The van der Waals surface area contributed by atoms with Crippen molar-refractivity contribution in [1.29, 1.82) is 0 Å². The third kappa shape index (κ3) is 2.56. The van der Waals surface area contributed by atoms with Crippen molar-refractivity contribution < 1.29 is 9.53 Å². The quantitative estimate of drug-likeness (QED) is 0.807. The fraction of sp³-hybridized carbons (Fsp3) is 0.421. The van der Waals surface area contributed by atoms with Crippen molar-refractivity contribution in [3.05, 3.63) is 57.9 Å². The molecule has 116 valence electrons. The van der Waals surface area contributed by atoms with E-state index >= 15 is 0 Å². The first-order valence-corrected chi connectivity index (χ1v) is 7.96. The highest BCUT2D eigenvalue weighted by atomic mass is 16.5. The highest BCUT2D eigenvalue weighted by Gasteiger charge is 2.20. The Morgan fingerprint density at radius 2 is 1.82 bits per heavy atom. The van der Waals surface area contributed by atoms with E-state index in [9.17, 15) is 4.79 Å². The van der Waals surface area contributed by atoms with Crippen LogP contribution in [0.15, 0.2) is 24.3 Å². The summed E-state index contributed by atoms with van der Waals surface area (Å²) >= 11 is 0. The van der Waals surface area contributed by atoms with Crippen LogP contribution in [-0.4, -0.2) is 17.6 Å². The maximum absolute atomic E-state index is 11.5. The second kappa shape index (κ2) is 5.99. The van der Waals surface area contributed by atoms with Crippen LogP contribution < -0.4 is 0 Å². The number of hydrogen-bond donors (Lipinski definition) is 0. The Labute approximate surface area is 131 Å². The van der Waals surface area contributed by atoms with Crippen molar-refractivity contribution in [2.24, 2.45) is 0 Å². The van der Waals surface area contributed by atoms with Gasteiger partial charge in [-0.2, -0.15) is 0 Å². The average Bonchev–Trinajstić information content (AvgIpc) is 2.80. The minimum atomic E-state index is -0.281. The van der Waals surface area contributed by atoms with E-state index in [4.69, 9.17) is 4.74 Å². The van der Waals surface area contributed by atoms with Gasteiger partial charge in [0.25, 0.3) is 0 Å². The zero-order valence-electron chi connectivity index (χ0n) is 13.6. The average molecular weight is 297 g/mol. The number of aromatic nitrogens is 1. The molecule has 22 heavy (non-hydrogen) atoms. The number of nitrogens with zero attached hydrogens (tertiary/aromatic N) is 1. The number of carbonyl (C=O) groups excluding carboxylic acids is 1. The van der Waals surface area contributed by atoms with E-state index in [0.29, 0.717) is 5.56 Å². The summed E-state index contributed by atoms with van der Waals surface area (Å²) < 4.78 is 7.20. The van der Waals surface area contributed by atoms with Crippen molar-refractivity contribution >= 4 is 5.97 Å². The number of carbonyl (C=O) groups is 1. The van der Waals surface area contributed by atoms with Gasteiger partial charge in [0.05, 0.1) is 12.7 Å². The van der Waals surface area contributed by atoms with E-state index in [0.717, 1.165) is 6.54 Å². The lowest BCUT2D eigenvalue weighted by molar-refractivity contribution is 0.0600. The van der Waals surface area contributed by atoms with Crippen LogP contribution in [0.5, 0.6) is 0 Å². The number of esters is 1. The molecule has 3 rings (SSSR count). The van der Waals surface area contributed by atoms with Crippen molar-refractivity contribution in [1.82, 2.24) is 4.57 Å². The minimum absolute atomic E-state index is 0.281. The van der Waals surface area contributed by atoms with Gasteiger partial charge in [-0.3, -0.25) is 0 Å². The predicted molar refractivity (Wildman–Crippen MR) is 87.4 cm³/mol. The van der Waals surface area contributed by atoms with E-state index < -0.39 is 0 Å². The molecule has 0 radical (unpaired) electrons. The monoisotopic (exact) mass is 297 g/mol. The predicted octanol–water partition coefficient (Wildman–Crippen LogP) is 3.82. The van der Waals surface area contributed by atoms with Crippen LogP contribution in [0.1, 0.15) is 51.3 Å². The molecular weight excluding hydrogens is 274 g/mol. The summed E-state index contributed by atoms with van der Waals surface area (Å²) in [6.07, 6.45) is 5.00. The molecule has 1 aliphatic carbocycles. The number of rotatable bonds is 3. The molecule has 0 amide bonds. The molecule has 3 nitrogen and oxygen atoms in total. The zero-order valence-corrected chi connectivity index (χ0v) is 13.6. The molecule has 0 bridgehead atoms. The molecule has 0 unspecified atom stereocenters. The van der Waals surface area contributed by atoms with Gasteiger partial charge in [-0.25, -0.2) is 4.79 Å². The molecule has 1 heterocycles. The number of benzene rings is 1. The van der Waals surface area contributed by atoms with Crippen molar-refractivity contribution in [2.75, 3.05) is 7.11 Å². The summed E-state index contributed by atoms with van der Waals surface area (Å²) in [5, 5.41) is 0. The number of fused-ring (bicyclic) bond motifs is 1. The van der Waals surface area contributed by atoms with Crippen LogP contribution in [0.25, 0.3) is 0 Å². The second-order valence-corrected chi connectivity index (χ2v) is 6.12. The Morgan fingerprint density at radius 1 is 1.14 bits per heavy atom. The Kier molecular flexibility index (Phi) is 4.06. The molecule has 3 heteroatoms. The minimum Gasteiger partial charge on any atom is -0.465 e. The molecule has 1 aromatic heterocycles. The summed E-state index contributed by atoms with van der Waals surface area (Å²) in [7, 11) is 1.41. The van der Waals surface area contributed by atoms with E-state index in [1.54, 1.807) is 5.56 Å². The molecule has 0 saturated heterocycles. The second-order valence-electron chi connectivity index (χ2n) is 6.12. The fourth-order valence-electron chi connectivity index (χ4n) is 3.48. The van der Waals surface area contributed by atoms with Gasteiger partial charge in [-0.15, -0.1) is 0 Å². The smallest absolute Gasteiger partial charge is 0.337 e. The van der Waals surface area contributed by atoms with Gasteiger partial charge in [-0.1, -0.05) is 12.1 Å². The van der Waals surface area contributed by atoms with Crippen LogP contribution in [0.4, 0.5) is 0 Å². The summed E-state index contributed by atoms with van der Waals surface area (Å²) in [6, 6.07) is 7.74. The highest BCUT2D eigenvalue weighted by molar-refractivity contribution is 5.89. The topological polar surface area (TPSA) is 31.2 Å². The lowest BCUT2D eigenvalue weighted by Crippen LogP contribution is -2.10. The molecule has 0 spiro atoms. The Balaban J connectivity index is 1.89. The van der Waals surface area contributed by atoms with Gasteiger partial charge in [0, 0.05) is 17.9 Å². The summed E-state index contributed by atoms with van der Waals surface area (Å²) in [5.74, 6) is -0.281. The van der Waals surface area contributed by atoms with E-state index in [-0.39, 0.29) is 5.97 Å². The van der Waals surface area contributed by atoms with Crippen LogP contribution in [0.2, 0.25) is 0 Å². The highest BCUT2D eigenvalue weighted by Crippen LogP contribution is 2.29. The molecule has 0 aliphatic heterocycles. The first kappa shape index (κ1) is 14.9.